The van der Waals surface area contributed by atoms with Gasteiger partial charge in [-0.1, -0.05) is 24.3 Å². The molecule has 0 bridgehead atoms. The van der Waals surface area contributed by atoms with Gasteiger partial charge in [0.15, 0.2) is 5.75 Å². The van der Waals surface area contributed by atoms with Gasteiger partial charge in [0.05, 0.1) is 17.8 Å². The Morgan fingerprint density at radius 1 is 1.11 bits per heavy atom. The lowest BCUT2D eigenvalue weighted by atomic mass is 10.2. The molecule has 0 saturated carbocycles. The van der Waals surface area contributed by atoms with E-state index in [0.29, 0.717) is 24.4 Å². The molecule has 0 aliphatic heterocycles. The third kappa shape index (κ3) is 6.58. The Hall–Kier alpha value is -3.07. The van der Waals surface area contributed by atoms with E-state index in [9.17, 15) is 19.7 Å². The Morgan fingerprint density at radius 3 is 2.50 bits per heavy atom. The molecule has 0 unspecified atom stereocenters. The number of carbonyl (C=O) groups is 2. The molecule has 0 atom stereocenters. The Kier molecular flexibility index (Phi) is 8.29. The third-order valence-corrected chi connectivity index (χ3v) is 4.71. The predicted molar refractivity (Wildman–Crippen MR) is 108 cm³/mol. The number of ether oxygens (including phenoxy) is 1. The molecule has 9 heteroatoms. The van der Waals surface area contributed by atoms with Crippen LogP contribution in [0.25, 0.3) is 0 Å². The molecule has 0 aliphatic carbocycles. The van der Waals surface area contributed by atoms with Gasteiger partial charge >= 0.3 is 5.69 Å². The second-order valence-corrected chi connectivity index (χ2v) is 6.71. The van der Waals surface area contributed by atoms with Crippen LogP contribution < -0.4 is 15.4 Å². The quantitative estimate of drug-likeness (QED) is 0.358. The first kappa shape index (κ1) is 21.2. The first-order valence-corrected chi connectivity index (χ1v) is 9.65. The summed E-state index contributed by atoms with van der Waals surface area (Å²) < 4.78 is 4.96. The first-order chi connectivity index (χ1) is 13.5. The summed E-state index contributed by atoms with van der Waals surface area (Å²) in [5.74, 6) is 0.525. The van der Waals surface area contributed by atoms with Crippen LogP contribution in [0.1, 0.15) is 15.9 Å². The molecule has 28 heavy (non-hydrogen) atoms. The van der Waals surface area contributed by atoms with Gasteiger partial charge in [0.2, 0.25) is 5.91 Å². The van der Waals surface area contributed by atoms with Crippen molar-refractivity contribution in [3.05, 3.63) is 69.8 Å². The van der Waals surface area contributed by atoms with E-state index in [1.807, 2.05) is 6.07 Å². The maximum atomic E-state index is 11.9. The molecule has 0 radical (unpaired) electrons. The normalized spacial score (nSPS) is 10.2. The monoisotopic (exact) mass is 403 g/mol. The van der Waals surface area contributed by atoms with Crippen LogP contribution in [-0.2, 0) is 10.5 Å². The number of rotatable bonds is 10. The number of nitro benzene ring substituents is 1. The summed E-state index contributed by atoms with van der Waals surface area (Å²) in [5, 5.41) is 16.5. The van der Waals surface area contributed by atoms with Crippen LogP contribution in [0.4, 0.5) is 5.69 Å². The summed E-state index contributed by atoms with van der Waals surface area (Å²) >= 11 is 1.35. The number of nitro groups is 1. The second-order valence-electron chi connectivity index (χ2n) is 5.73. The molecule has 8 nitrogen and oxygen atoms in total. The molecular formula is C19H21N3O5S. The molecule has 0 saturated heterocycles. The highest BCUT2D eigenvalue weighted by Gasteiger charge is 2.15. The molecule has 2 amide bonds. The van der Waals surface area contributed by atoms with Crippen molar-refractivity contribution >= 4 is 29.3 Å². The lowest BCUT2D eigenvalue weighted by Gasteiger charge is -2.08. The van der Waals surface area contributed by atoms with E-state index < -0.39 is 4.92 Å². The highest BCUT2D eigenvalue weighted by molar-refractivity contribution is 7.99. The van der Waals surface area contributed by atoms with Crippen LogP contribution in [0.2, 0.25) is 0 Å². The van der Waals surface area contributed by atoms with Gasteiger partial charge in [-0.25, -0.2) is 0 Å². The fraction of sp³-hybridized carbons (Fsp3) is 0.263. The zero-order valence-corrected chi connectivity index (χ0v) is 16.2. The number of nitrogens with zero attached hydrogens (tertiary/aromatic N) is 1. The van der Waals surface area contributed by atoms with Crippen LogP contribution in [0.15, 0.2) is 48.5 Å². The van der Waals surface area contributed by atoms with E-state index in [2.05, 4.69) is 10.6 Å². The second kappa shape index (κ2) is 10.9. The Bertz CT molecular complexity index is 830. The van der Waals surface area contributed by atoms with Crippen LogP contribution in [-0.4, -0.2) is 42.7 Å². The number of thioether (sulfide) groups is 1. The number of benzene rings is 2. The summed E-state index contributed by atoms with van der Waals surface area (Å²) in [6.07, 6.45) is 0. The van der Waals surface area contributed by atoms with Crippen LogP contribution in [0.3, 0.4) is 0 Å². The zero-order chi connectivity index (χ0) is 20.4. The Morgan fingerprint density at radius 2 is 1.82 bits per heavy atom. The predicted octanol–water partition coefficient (Wildman–Crippen LogP) is 2.38. The van der Waals surface area contributed by atoms with Crippen molar-refractivity contribution in [3.63, 3.8) is 0 Å². The van der Waals surface area contributed by atoms with Gasteiger partial charge in [-0.05, 0) is 23.8 Å². The summed E-state index contributed by atoms with van der Waals surface area (Å²) in [6, 6.07) is 13.6. The van der Waals surface area contributed by atoms with Crippen molar-refractivity contribution in [1.82, 2.24) is 10.6 Å². The van der Waals surface area contributed by atoms with Gasteiger partial charge < -0.3 is 15.4 Å². The maximum absolute atomic E-state index is 11.9. The Labute approximate surface area is 166 Å². The Balaban J connectivity index is 1.67. The summed E-state index contributed by atoms with van der Waals surface area (Å²) in [6.45, 7) is 0.654. The standard InChI is InChI=1S/C19H21N3O5S/c1-27-17-8-7-14(11-16(17)22(25)26)12-28-13-18(23)20-9-10-21-19(24)15-5-3-2-4-6-15/h2-8,11H,9-10,12-13H2,1H3,(H,20,23)(H,21,24). The van der Waals surface area contributed by atoms with E-state index in [1.54, 1.807) is 36.4 Å². The molecule has 0 heterocycles. The van der Waals surface area contributed by atoms with E-state index in [1.165, 1.54) is 24.9 Å². The number of nitrogens with one attached hydrogen (secondary N) is 2. The van der Waals surface area contributed by atoms with Gasteiger partial charge in [-0.3, -0.25) is 19.7 Å². The molecule has 2 N–H and O–H groups in total. The number of hydrogen-bond donors (Lipinski definition) is 2. The zero-order valence-electron chi connectivity index (χ0n) is 15.3. The third-order valence-electron chi connectivity index (χ3n) is 3.71. The first-order valence-electron chi connectivity index (χ1n) is 8.50. The molecule has 0 spiro atoms. The minimum Gasteiger partial charge on any atom is -0.490 e. The number of amides is 2. The van der Waals surface area contributed by atoms with Crippen molar-refractivity contribution in [3.8, 4) is 5.75 Å². The average molecular weight is 403 g/mol. The van der Waals surface area contributed by atoms with Gasteiger partial charge in [-0.2, -0.15) is 0 Å². The highest BCUT2D eigenvalue weighted by Crippen LogP contribution is 2.28. The maximum Gasteiger partial charge on any atom is 0.311 e. The van der Waals surface area contributed by atoms with Crippen LogP contribution >= 0.6 is 11.8 Å². The highest BCUT2D eigenvalue weighted by atomic mass is 32.2. The average Bonchev–Trinajstić information content (AvgIpc) is 2.71. The topological polar surface area (TPSA) is 111 Å². The summed E-state index contributed by atoms with van der Waals surface area (Å²) in [4.78, 5) is 34.2. The van der Waals surface area contributed by atoms with E-state index in [-0.39, 0.29) is 29.0 Å². The van der Waals surface area contributed by atoms with E-state index in [4.69, 9.17) is 4.74 Å². The molecule has 2 aromatic carbocycles. The molecule has 0 aliphatic rings. The molecule has 2 rings (SSSR count). The minimum absolute atomic E-state index is 0.0980. The van der Waals surface area contributed by atoms with Crippen molar-refractivity contribution in [1.29, 1.82) is 0 Å². The van der Waals surface area contributed by atoms with Crippen molar-refractivity contribution < 1.29 is 19.2 Å². The molecule has 148 valence electrons. The largest absolute Gasteiger partial charge is 0.490 e. The van der Waals surface area contributed by atoms with Gasteiger partial charge in [0, 0.05) is 30.5 Å². The molecule has 0 fully saturated rings. The van der Waals surface area contributed by atoms with Crippen molar-refractivity contribution in [2.75, 3.05) is 26.0 Å². The minimum atomic E-state index is -0.497. The lowest BCUT2D eigenvalue weighted by Crippen LogP contribution is -2.35. The van der Waals surface area contributed by atoms with Crippen LogP contribution in [0.5, 0.6) is 5.75 Å². The fourth-order valence-electron chi connectivity index (χ4n) is 2.35. The molecule has 0 aromatic heterocycles. The van der Waals surface area contributed by atoms with E-state index >= 15 is 0 Å². The smallest absolute Gasteiger partial charge is 0.311 e. The fourth-order valence-corrected chi connectivity index (χ4v) is 3.15. The van der Waals surface area contributed by atoms with Crippen LogP contribution in [0, 0.1) is 10.1 Å². The van der Waals surface area contributed by atoms with Crippen molar-refractivity contribution in [2.45, 2.75) is 5.75 Å². The summed E-state index contributed by atoms with van der Waals surface area (Å²) in [5.41, 5.74) is 1.21. The van der Waals surface area contributed by atoms with Gasteiger partial charge in [0.25, 0.3) is 5.91 Å². The summed E-state index contributed by atoms with van der Waals surface area (Å²) in [7, 11) is 1.38. The molecular weight excluding hydrogens is 382 g/mol. The number of carbonyl (C=O) groups excluding carboxylic acids is 2. The number of hydrogen-bond acceptors (Lipinski definition) is 6. The van der Waals surface area contributed by atoms with Gasteiger partial charge in [0.1, 0.15) is 0 Å². The SMILES string of the molecule is COc1ccc(CSCC(=O)NCCNC(=O)c2ccccc2)cc1[N+](=O)[O-]. The van der Waals surface area contributed by atoms with Gasteiger partial charge in [-0.15, -0.1) is 11.8 Å². The molecule has 2 aromatic rings. The van der Waals surface area contributed by atoms with Crippen molar-refractivity contribution in [2.24, 2.45) is 0 Å². The van der Waals surface area contributed by atoms with E-state index in [0.717, 1.165) is 5.56 Å². The lowest BCUT2D eigenvalue weighted by molar-refractivity contribution is -0.385. The number of methoxy groups -OCH3 is 1.